The van der Waals surface area contributed by atoms with Gasteiger partial charge in [-0.25, -0.2) is 0 Å². The summed E-state index contributed by atoms with van der Waals surface area (Å²) in [6.07, 6.45) is 7.62. The first kappa shape index (κ1) is 27.8. The molecule has 1 amide bonds. The van der Waals surface area contributed by atoms with E-state index in [0.717, 1.165) is 44.9 Å². The summed E-state index contributed by atoms with van der Waals surface area (Å²) < 4.78 is 0. The number of carbonyl (C=O) groups excluding carboxylic acids is 1. The van der Waals surface area contributed by atoms with Crippen molar-refractivity contribution in [3.8, 4) is 0 Å². The van der Waals surface area contributed by atoms with Crippen molar-refractivity contribution in [2.24, 2.45) is 46.3 Å². The quantitative estimate of drug-likeness (QED) is 0.303. The SMILES string of the molecule is C[C@@H](CCC(=O)NCCCCC(=O)O)[C@@H]1CC[C@@H]2[C@H]3[C@H](O)[C@H](O)[C@H]4C[C@@H](O)CC[C@@]4(C)[C@@H]3CC[C@]21C. The molecule has 36 heavy (non-hydrogen) atoms. The topological polar surface area (TPSA) is 127 Å². The molecule has 11 atom stereocenters. The first-order chi connectivity index (χ1) is 17.0. The lowest BCUT2D eigenvalue weighted by molar-refractivity contribution is -0.223. The number of aliphatic carboxylic acids is 1. The molecule has 4 fully saturated rings. The summed E-state index contributed by atoms with van der Waals surface area (Å²) in [5.74, 6) is 1.04. The van der Waals surface area contributed by atoms with Gasteiger partial charge in [0.15, 0.2) is 0 Å². The van der Waals surface area contributed by atoms with Crippen LogP contribution in [0.15, 0.2) is 0 Å². The molecule has 4 saturated carbocycles. The van der Waals surface area contributed by atoms with Gasteiger partial charge in [0.25, 0.3) is 0 Å². The van der Waals surface area contributed by atoms with Gasteiger partial charge in [0.05, 0.1) is 18.3 Å². The van der Waals surface area contributed by atoms with Crippen molar-refractivity contribution >= 4 is 11.9 Å². The minimum absolute atomic E-state index is 0.0177. The Kier molecular flexibility index (Phi) is 8.43. The Hall–Kier alpha value is -1.18. The second-order valence-corrected chi connectivity index (χ2v) is 13.3. The number of unbranched alkanes of at least 4 members (excludes halogenated alkanes) is 1. The Morgan fingerprint density at radius 1 is 0.889 bits per heavy atom. The van der Waals surface area contributed by atoms with Crippen LogP contribution in [0.1, 0.15) is 97.8 Å². The van der Waals surface area contributed by atoms with Gasteiger partial charge >= 0.3 is 5.97 Å². The van der Waals surface area contributed by atoms with Crippen LogP contribution in [-0.2, 0) is 9.59 Å². The van der Waals surface area contributed by atoms with Crippen LogP contribution in [0.3, 0.4) is 0 Å². The Balaban J connectivity index is 1.36. The van der Waals surface area contributed by atoms with E-state index in [0.29, 0.717) is 55.9 Å². The van der Waals surface area contributed by atoms with Crippen LogP contribution < -0.4 is 5.32 Å². The number of amides is 1. The van der Waals surface area contributed by atoms with Gasteiger partial charge < -0.3 is 25.7 Å². The molecular weight excluding hydrogens is 458 g/mol. The van der Waals surface area contributed by atoms with Crippen LogP contribution in [0.5, 0.6) is 0 Å². The largest absolute Gasteiger partial charge is 0.481 e. The average Bonchev–Trinajstić information content (AvgIpc) is 3.18. The van der Waals surface area contributed by atoms with Crippen LogP contribution in [-0.4, -0.2) is 57.2 Å². The molecule has 0 radical (unpaired) electrons. The zero-order valence-electron chi connectivity index (χ0n) is 22.5. The van der Waals surface area contributed by atoms with Gasteiger partial charge in [0.2, 0.25) is 5.91 Å². The highest BCUT2D eigenvalue weighted by Gasteiger charge is 2.65. The highest BCUT2D eigenvalue weighted by atomic mass is 16.4. The molecule has 7 nitrogen and oxygen atoms in total. The van der Waals surface area contributed by atoms with E-state index < -0.39 is 18.2 Å². The fourth-order valence-corrected chi connectivity index (χ4v) is 9.49. The fraction of sp³-hybridized carbons (Fsp3) is 0.931. The molecule has 0 bridgehead atoms. The van der Waals surface area contributed by atoms with Gasteiger partial charge in [-0.1, -0.05) is 20.8 Å². The van der Waals surface area contributed by atoms with Crippen LogP contribution in [0, 0.1) is 46.3 Å². The van der Waals surface area contributed by atoms with E-state index in [2.05, 4.69) is 26.1 Å². The van der Waals surface area contributed by atoms with Gasteiger partial charge in [-0.05, 0) is 111 Å². The van der Waals surface area contributed by atoms with E-state index in [9.17, 15) is 24.9 Å². The van der Waals surface area contributed by atoms with E-state index in [1.165, 1.54) is 0 Å². The third-order valence-electron chi connectivity index (χ3n) is 11.5. The third kappa shape index (κ3) is 5.09. The van der Waals surface area contributed by atoms with Gasteiger partial charge in [0.1, 0.15) is 0 Å². The zero-order chi connectivity index (χ0) is 26.3. The summed E-state index contributed by atoms with van der Waals surface area (Å²) in [4.78, 5) is 23.0. The summed E-state index contributed by atoms with van der Waals surface area (Å²) in [6, 6.07) is 0. The van der Waals surface area contributed by atoms with Crippen LogP contribution in [0.25, 0.3) is 0 Å². The van der Waals surface area contributed by atoms with Crippen molar-refractivity contribution in [3.05, 3.63) is 0 Å². The number of aliphatic hydroxyl groups excluding tert-OH is 3. The van der Waals surface area contributed by atoms with E-state index in [4.69, 9.17) is 5.11 Å². The first-order valence-corrected chi connectivity index (χ1v) is 14.5. The van der Waals surface area contributed by atoms with Gasteiger partial charge in [-0.3, -0.25) is 9.59 Å². The molecule has 0 unspecified atom stereocenters. The summed E-state index contributed by atoms with van der Waals surface area (Å²) in [7, 11) is 0. The van der Waals surface area contributed by atoms with Crippen molar-refractivity contribution in [1.29, 1.82) is 0 Å². The number of fused-ring (bicyclic) bond motifs is 5. The van der Waals surface area contributed by atoms with Crippen molar-refractivity contribution < 1.29 is 30.0 Å². The maximum Gasteiger partial charge on any atom is 0.303 e. The number of hydrogen-bond donors (Lipinski definition) is 5. The molecule has 0 saturated heterocycles. The Morgan fingerprint density at radius 3 is 2.31 bits per heavy atom. The van der Waals surface area contributed by atoms with Gasteiger partial charge in [0, 0.05) is 19.4 Å². The van der Waals surface area contributed by atoms with Gasteiger partial charge in [-0.2, -0.15) is 0 Å². The zero-order valence-corrected chi connectivity index (χ0v) is 22.5. The van der Waals surface area contributed by atoms with Crippen LogP contribution in [0.2, 0.25) is 0 Å². The Bertz CT molecular complexity index is 805. The lowest BCUT2D eigenvalue weighted by atomic mass is 9.43. The number of hydrogen-bond acceptors (Lipinski definition) is 5. The highest BCUT2D eigenvalue weighted by molar-refractivity contribution is 5.75. The molecular formula is C29H49NO6. The van der Waals surface area contributed by atoms with Crippen molar-refractivity contribution in [2.45, 2.75) is 116 Å². The normalized spacial score (nSPS) is 44.7. The number of nitrogens with one attached hydrogen (secondary N) is 1. The van der Waals surface area contributed by atoms with Crippen molar-refractivity contribution in [3.63, 3.8) is 0 Å². The number of rotatable bonds is 9. The first-order valence-electron chi connectivity index (χ1n) is 14.5. The average molecular weight is 508 g/mol. The molecule has 0 aliphatic heterocycles. The molecule has 0 spiro atoms. The monoisotopic (exact) mass is 507 g/mol. The van der Waals surface area contributed by atoms with Crippen LogP contribution in [0.4, 0.5) is 0 Å². The third-order valence-corrected chi connectivity index (χ3v) is 11.5. The van der Waals surface area contributed by atoms with Gasteiger partial charge in [-0.15, -0.1) is 0 Å². The number of carboxylic acid groups (broad SMARTS) is 1. The standard InChI is InChI=1S/C29H49NO6/c1-17(7-10-23(32)30-15-5-4-6-24(33)34)19-8-9-20-25-21(12-14-28(19,20)2)29(3)13-11-18(31)16-22(29)26(35)27(25)36/h17-22,25-27,31,35-36H,4-16H2,1-3H3,(H,30,32)(H,33,34)/t17-,18-,19-,20+,21+,22+,25+,26+,27-,28-,29-/m0/s1. The molecule has 4 aliphatic rings. The predicted molar refractivity (Wildman–Crippen MR) is 137 cm³/mol. The summed E-state index contributed by atoms with van der Waals surface area (Å²) in [5, 5.41) is 44.6. The maximum atomic E-state index is 12.4. The lowest BCUT2D eigenvalue weighted by Crippen LogP contribution is -2.64. The lowest BCUT2D eigenvalue weighted by Gasteiger charge is -2.63. The van der Waals surface area contributed by atoms with E-state index in [1.54, 1.807) is 0 Å². The predicted octanol–water partition coefficient (Wildman–Crippen LogP) is 3.74. The highest BCUT2D eigenvalue weighted by Crippen LogP contribution is 2.68. The number of aliphatic hydroxyl groups is 3. The van der Waals surface area contributed by atoms with Crippen LogP contribution >= 0.6 is 0 Å². The minimum atomic E-state index is -0.797. The minimum Gasteiger partial charge on any atom is -0.481 e. The van der Waals surface area contributed by atoms with E-state index in [-0.39, 0.29) is 41.1 Å². The smallest absolute Gasteiger partial charge is 0.303 e. The molecule has 4 aliphatic carbocycles. The Morgan fingerprint density at radius 2 is 1.58 bits per heavy atom. The number of carbonyl (C=O) groups is 2. The molecule has 5 N–H and O–H groups in total. The van der Waals surface area contributed by atoms with Crippen molar-refractivity contribution in [1.82, 2.24) is 5.32 Å². The van der Waals surface area contributed by atoms with E-state index >= 15 is 0 Å². The second kappa shape index (κ2) is 10.9. The molecule has 0 aromatic rings. The number of carboxylic acids is 1. The molecule has 7 heteroatoms. The second-order valence-electron chi connectivity index (χ2n) is 13.3. The summed E-state index contributed by atoms with van der Waals surface area (Å²) in [6.45, 7) is 7.53. The molecule has 0 heterocycles. The fourth-order valence-electron chi connectivity index (χ4n) is 9.49. The molecule has 0 aromatic carbocycles. The van der Waals surface area contributed by atoms with Crippen molar-refractivity contribution in [2.75, 3.05) is 6.54 Å². The summed E-state index contributed by atoms with van der Waals surface area (Å²) in [5.41, 5.74) is 0.0993. The molecule has 0 aromatic heterocycles. The molecule has 206 valence electrons. The van der Waals surface area contributed by atoms with E-state index in [1.807, 2.05) is 0 Å². The molecule has 4 rings (SSSR count). The summed E-state index contributed by atoms with van der Waals surface area (Å²) >= 11 is 0. The Labute approximate surface area is 216 Å². The maximum absolute atomic E-state index is 12.4.